The molecular formula is C8H8OW. The first-order valence-corrected chi connectivity index (χ1v) is 3.03. The normalized spacial score (nSPS) is 17.2. The first-order valence-electron chi connectivity index (χ1n) is 3.03. The number of allylic oxidation sites excluding steroid dienone is 3. The summed E-state index contributed by atoms with van der Waals surface area (Å²) in [6, 6.07) is 0. The Hall–Kier alpha value is -0.162. The van der Waals surface area contributed by atoms with Crippen LogP contribution in [0.15, 0.2) is 11.6 Å². The molecule has 52 valence electrons. The van der Waals surface area contributed by atoms with Crippen LogP contribution in [0.25, 0.3) is 0 Å². The molecule has 0 heterocycles. The summed E-state index contributed by atoms with van der Waals surface area (Å²) >= 11 is 0. The van der Waals surface area contributed by atoms with Crippen LogP contribution in [-0.4, -0.2) is 5.78 Å². The van der Waals surface area contributed by atoms with E-state index < -0.39 is 0 Å². The molecule has 1 aliphatic rings. The van der Waals surface area contributed by atoms with Gasteiger partial charge in [-0.1, -0.05) is 12.8 Å². The van der Waals surface area contributed by atoms with Crippen molar-refractivity contribution in [3.8, 4) is 0 Å². The molecule has 0 atom stereocenters. The molecule has 0 N–H and O–H groups in total. The van der Waals surface area contributed by atoms with Crippen LogP contribution < -0.4 is 0 Å². The van der Waals surface area contributed by atoms with Gasteiger partial charge in [0.25, 0.3) is 0 Å². The van der Waals surface area contributed by atoms with E-state index in [9.17, 15) is 4.79 Å². The van der Waals surface area contributed by atoms with Crippen LogP contribution in [0, 0.1) is 12.7 Å². The standard InChI is InChI=1S/C8H8O.W/c1-2-7-5-3-4-6-8(7)9;/h1-2H,3-4,6H2;/q-2;+2. The Balaban J connectivity index is 0.000000810. The predicted octanol–water partition coefficient (Wildman–Crippen LogP) is 1.46. The van der Waals surface area contributed by atoms with Gasteiger partial charge in [-0.15, -0.1) is 6.42 Å². The third-order valence-corrected chi connectivity index (χ3v) is 1.36. The van der Waals surface area contributed by atoms with E-state index in [1.54, 1.807) is 0 Å². The molecule has 0 amide bonds. The summed E-state index contributed by atoms with van der Waals surface area (Å²) in [5.41, 5.74) is 0.571. The van der Waals surface area contributed by atoms with Crippen molar-refractivity contribution in [3.05, 3.63) is 24.3 Å². The van der Waals surface area contributed by atoms with E-state index in [1.807, 2.05) is 0 Å². The summed E-state index contributed by atoms with van der Waals surface area (Å²) in [4.78, 5) is 10.8. The number of carbonyl (C=O) groups is 1. The molecule has 0 fully saturated rings. The third kappa shape index (κ3) is 2.22. The van der Waals surface area contributed by atoms with Crippen molar-refractivity contribution in [3.63, 3.8) is 0 Å². The Bertz CT molecular complexity index is 170. The molecule has 10 heavy (non-hydrogen) atoms. The molecule has 0 aromatic heterocycles. The summed E-state index contributed by atoms with van der Waals surface area (Å²) in [6.07, 6.45) is 6.67. The van der Waals surface area contributed by atoms with E-state index in [2.05, 4.69) is 6.08 Å². The summed E-state index contributed by atoms with van der Waals surface area (Å²) in [5, 5.41) is 0. The van der Waals surface area contributed by atoms with Gasteiger partial charge in [-0.05, 0) is 5.78 Å². The van der Waals surface area contributed by atoms with Crippen molar-refractivity contribution in [2.24, 2.45) is 0 Å². The molecule has 2 heteroatoms. The number of rotatable bonds is 1. The topological polar surface area (TPSA) is 17.1 Å². The zero-order valence-electron chi connectivity index (χ0n) is 5.59. The van der Waals surface area contributed by atoms with Crippen molar-refractivity contribution in [2.45, 2.75) is 19.3 Å². The van der Waals surface area contributed by atoms with Crippen LogP contribution >= 0.6 is 0 Å². The fourth-order valence-electron chi connectivity index (χ4n) is 0.857. The van der Waals surface area contributed by atoms with Gasteiger partial charge >= 0.3 is 21.1 Å². The Morgan fingerprint density at radius 1 is 1.60 bits per heavy atom. The molecule has 0 unspecified atom stereocenters. The predicted molar refractivity (Wildman–Crippen MR) is 34.5 cm³/mol. The first-order chi connectivity index (χ1) is 4.34. The monoisotopic (exact) mass is 304 g/mol. The van der Waals surface area contributed by atoms with E-state index in [-0.39, 0.29) is 26.8 Å². The fourth-order valence-corrected chi connectivity index (χ4v) is 0.857. The second-order valence-electron chi connectivity index (χ2n) is 2.03. The molecule has 1 rings (SSSR count). The van der Waals surface area contributed by atoms with E-state index in [4.69, 9.17) is 6.58 Å². The molecule has 0 aliphatic heterocycles. The number of Topliss-reactive ketones (excluding diaryl/α,β-unsaturated/α-hetero) is 1. The maximum absolute atomic E-state index is 10.8. The van der Waals surface area contributed by atoms with Gasteiger partial charge in [0.15, 0.2) is 0 Å². The van der Waals surface area contributed by atoms with Crippen molar-refractivity contribution in [2.75, 3.05) is 0 Å². The molecule has 0 radical (unpaired) electrons. The van der Waals surface area contributed by atoms with Crippen LogP contribution in [0.5, 0.6) is 0 Å². The fraction of sp³-hybridized carbons (Fsp3) is 0.375. The van der Waals surface area contributed by atoms with Crippen molar-refractivity contribution in [1.82, 2.24) is 0 Å². The Morgan fingerprint density at radius 2 is 2.30 bits per heavy atom. The summed E-state index contributed by atoms with van der Waals surface area (Å²) < 4.78 is 0. The van der Waals surface area contributed by atoms with E-state index in [0.717, 1.165) is 12.8 Å². The van der Waals surface area contributed by atoms with Gasteiger partial charge in [0, 0.05) is 0 Å². The van der Waals surface area contributed by atoms with Crippen LogP contribution in [0.2, 0.25) is 0 Å². The second-order valence-corrected chi connectivity index (χ2v) is 2.03. The van der Waals surface area contributed by atoms with Crippen LogP contribution in [-0.2, 0) is 25.9 Å². The minimum atomic E-state index is 0. The van der Waals surface area contributed by atoms with Crippen LogP contribution in [0.1, 0.15) is 19.3 Å². The smallest absolute Gasteiger partial charge is 0.391 e. The third-order valence-electron chi connectivity index (χ3n) is 1.36. The minimum absolute atomic E-state index is 0. The van der Waals surface area contributed by atoms with Crippen molar-refractivity contribution in [1.29, 1.82) is 0 Å². The number of ketones is 1. The largest absolute Gasteiger partial charge is 2.00 e. The molecule has 0 aromatic rings. The molecule has 0 aromatic carbocycles. The zero-order chi connectivity index (χ0) is 6.69. The Morgan fingerprint density at radius 3 is 2.70 bits per heavy atom. The average Bonchev–Trinajstić information content (AvgIpc) is 1.89. The second kappa shape index (κ2) is 4.62. The van der Waals surface area contributed by atoms with E-state index >= 15 is 0 Å². The van der Waals surface area contributed by atoms with Gasteiger partial charge in [0.1, 0.15) is 0 Å². The van der Waals surface area contributed by atoms with Gasteiger partial charge in [-0.25, -0.2) is 0 Å². The van der Waals surface area contributed by atoms with E-state index in [1.165, 1.54) is 6.08 Å². The maximum Gasteiger partial charge on any atom is 2.00 e. The minimum Gasteiger partial charge on any atom is -0.391 e. The van der Waals surface area contributed by atoms with Crippen molar-refractivity contribution >= 4 is 5.78 Å². The Kier molecular flexibility index (Phi) is 4.55. The van der Waals surface area contributed by atoms with Gasteiger partial charge in [-0.3, -0.25) is 6.08 Å². The van der Waals surface area contributed by atoms with Crippen LogP contribution in [0.3, 0.4) is 0 Å². The average molecular weight is 304 g/mol. The molecule has 0 spiro atoms. The maximum atomic E-state index is 10.8. The summed E-state index contributed by atoms with van der Waals surface area (Å²) in [7, 11) is 0. The van der Waals surface area contributed by atoms with E-state index in [0.29, 0.717) is 12.0 Å². The quantitative estimate of drug-likeness (QED) is 0.670. The van der Waals surface area contributed by atoms with Gasteiger partial charge in [0.2, 0.25) is 0 Å². The molecule has 0 saturated heterocycles. The van der Waals surface area contributed by atoms with Gasteiger partial charge < -0.3 is 23.0 Å². The molecular weight excluding hydrogens is 296 g/mol. The molecule has 0 saturated carbocycles. The molecule has 1 aliphatic carbocycles. The Labute approximate surface area is 75.5 Å². The number of hydrogen-bond acceptors (Lipinski definition) is 1. The first kappa shape index (κ1) is 9.84. The van der Waals surface area contributed by atoms with Crippen LogP contribution in [0.4, 0.5) is 0 Å². The molecule has 0 bridgehead atoms. The van der Waals surface area contributed by atoms with Crippen molar-refractivity contribution < 1.29 is 25.9 Å². The molecule has 1 nitrogen and oxygen atoms in total. The zero-order valence-corrected chi connectivity index (χ0v) is 8.53. The number of hydrogen-bond donors (Lipinski definition) is 0. The van der Waals surface area contributed by atoms with Gasteiger partial charge in [-0.2, -0.15) is 0 Å². The summed E-state index contributed by atoms with van der Waals surface area (Å²) in [6.45, 7) is 5.15. The summed E-state index contributed by atoms with van der Waals surface area (Å²) in [5.74, 6) is 0.128. The van der Waals surface area contributed by atoms with Gasteiger partial charge in [0.05, 0.1) is 0 Å². The number of carbonyl (C=O) groups excluding carboxylic acids is 1. The SMILES string of the molecule is [CH-]=CC1=[C-]CCCC1=O.[W+2].